The summed E-state index contributed by atoms with van der Waals surface area (Å²) in [4.78, 5) is 27.8. The molecule has 1 fully saturated rings. The molecule has 7 heteroatoms. The second-order valence-electron chi connectivity index (χ2n) is 8.57. The van der Waals surface area contributed by atoms with Crippen LogP contribution in [0.5, 0.6) is 5.75 Å². The summed E-state index contributed by atoms with van der Waals surface area (Å²) in [6, 6.07) is 12.7. The zero-order chi connectivity index (χ0) is 23.8. The molecule has 1 N–H and O–H groups in total. The summed E-state index contributed by atoms with van der Waals surface area (Å²) in [5.41, 5.74) is 2.08. The van der Waals surface area contributed by atoms with Crippen molar-refractivity contribution in [3.63, 3.8) is 0 Å². The molecule has 33 heavy (non-hydrogen) atoms. The van der Waals surface area contributed by atoms with Gasteiger partial charge in [0, 0.05) is 17.6 Å². The molecule has 0 radical (unpaired) electrons. The Hall–Kier alpha value is -2.05. The topological polar surface area (TPSA) is 58.6 Å². The zero-order valence-electron chi connectivity index (χ0n) is 19.3. The molecule has 2 aromatic carbocycles. The number of hydrogen-bond acceptors (Lipinski definition) is 3. The Morgan fingerprint density at radius 1 is 1.12 bits per heavy atom. The van der Waals surface area contributed by atoms with Crippen molar-refractivity contribution in [1.29, 1.82) is 0 Å². The van der Waals surface area contributed by atoms with Gasteiger partial charge < -0.3 is 15.0 Å². The van der Waals surface area contributed by atoms with Gasteiger partial charge in [-0.3, -0.25) is 9.59 Å². The molecule has 0 heterocycles. The summed E-state index contributed by atoms with van der Waals surface area (Å²) in [6.07, 6.45) is 6.39. The molecular weight excluding hydrogens is 504 g/mol. The molecule has 0 aromatic heterocycles. The maximum Gasteiger partial charge on any atom is 0.261 e. The van der Waals surface area contributed by atoms with E-state index in [9.17, 15) is 9.59 Å². The van der Waals surface area contributed by atoms with Crippen molar-refractivity contribution in [3.8, 4) is 5.75 Å². The summed E-state index contributed by atoms with van der Waals surface area (Å²) in [6.45, 7) is 4.01. The molecule has 1 aliphatic carbocycles. The first-order chi connectivity index (χ1) is 15.9. The highest BCUT2D eigenvalue weighted by Crippen LogP contribution is 2.26. The van der Waals surface area contributed by atoms with Gasteiger partial charge in [0.25, 0.3) is 5.91 Å². The van der Waals surface area contributed by atoms with Gasteiger partial charge in [0.1, 0.15) is 11.8 Å². The average Bonchev–Trinajstić information content (AvgIpc) is 2.82. The van der Waals surface area contributed by atoms with Crippen LogP contribution in [-0.2, 0) is 22.6 Å². The Morgan fingerprint density at radius 2 is 1.79 bits per heavy atom. The first-order valence-electron chi connectivity index (χ1n) is 11.6. The minimum Gasteiger partial charge on any atom is -0.483 e. The number of hydrogen-bond donors (Lipinski definition) is 1. The number of nitrogens with one attached hydrogen (secondary N) is 1. The van der Waals surface area contributed by atoms with E-state index < -0.39 is 6.04 Å². The lowest BCUT2D eigenvalue weighted by Crippen LogP contribution is -2.51. The van der Waals surface area contributed by atoms with Crippen molar-refractivity contribution in [2.75, 3.05) is 6.61 Å². The van der Waals surface area contributed by atoms with Gasteiger partial charge in [-0.05, 0) is 77.5 Å². The fourth-order valence-corrected chi connectivity index (χ4v) is 4.71. The van der Waals surface area contributed by atoms with E-state index in [1.807, 2.05) is 30.3 Å². The maximum absolute atomic E-state index is 13.2. The van der Waals surface area contributed by atoms with Crippen LogP contribution in [-0.4, -0.2) is 35.4 Å². The van der Waals surface area contributed by atoms with Crippen LogP contribution < -0.4 is 10.1 Å². The zero-order valence-corrected chi connectivity index (χ0v) is 21.6. The van der Waals surface area contributed by atoms with Gasteiger partial charge in [0.15, 0.2) is 6.61 Å². The summed E-state index contributed by atoms with van der Waals surface area (Å²) in [5.74, 6) is 0.228. The second-order valence-corrected chi connectivity index (χ2v) is 9.87. The van der Waals surface area contributed by atoms with E-state index >= 15 is 0 Å². The molecule has 0 spiro atoms. The number of ether oxygens (including phenoxy) is 1. The molecule has 0 saturated heterocycles. The number of amides is 2. The van der Waals surface area contributed by atoms with Crippen LogP contribution in [0, 0.1) is 0 Å². The van der Waals surface area contributed by atoms with E-state index in [4.69, 9.17) is 16.3 Å². The van der Waals surface area contributed by atoms with Crippen molar-refractivity contribution < 1.29 is 14.3 Å². The first kappa shape index (κ1) is 25.6. The highest BCUT2D eigenvalue weighted by Gasteiger charge is 2.28. The van der Waals surface area contributed by atoms with Crippen LogP contribution in [0.15, 0.2) is 46.9 Å². The van der Waals surface area contributed by atoms with Gasteiger partial charge in [-0.2, -0.15) is 0 Å². The molecule has 1 aliphatic rings. The predicted octanol–water partition coefficient (Wildman–Crippen LogP) is 5.91. The minimum atomic E-state index is -0.621. The largest absolute Gasteiger partial charge is 0.483 e. The van der Waals surface area contributed by atoms with E-state index in [1.54, 1.807) is 24.0 Å². The third-order valence-electron chi connectivity index (χ3n) is 6.14. The van der Waals surface area contributed by atoms with E-state index in [-0.39, 0.29) is 24.5 Å². The summed E-state index contributed by atoms with van der Waals surface area (Å²) in [5, 5.41) is 3.77. The monoisotopic (exact) mass is 534 g/mol. The number of nitrogens with zero attached hydrogens (tertiary/aromatic N) is 1. The van der Waals surface area contributed by atoms with Gasteiger partial charge in [-0.15, -0.1) is 0 Å². The lowest BCUT2D eigenvalue weighted by molar-refractivity contribution is -0.142. The quantitative estimate of drug-likeness (QED) is 0.434. The van der Waals surface area contributed by atoms with Crippen LogP contribution in [0.1, 0.15) is 57.1 Å². The number of carbonyl (C=O) groups is 2. The fourth-order valence-electron chi connectivity index (χ4n) is 4.04. The first-order valence-corrected chi connectivity index (χ1v) is 12.8. The Balaban J connectivity index is 1.71. The molecule has 0 aliphatic heterocycles. The molecule has 3 rings (SSSR count). The Labute approximate surface area is 210 Å². The van der Waals surface area contributed by atoms with E-state index in [1.165, 1.54) is 12.0 Å². The van der Waals surface area contributed by atoms with E-state index in [0.29, 0.717) is 17.3 Å². The molecule has 178 valence electrons. The van der Waals surface area contributed by atoms with Gasteiger partial charge >= 0.3 is 0 Å². The highest BCUT2D eigenvalue weighted by molar-refractivity contribution is 9.10. The Morgan fingerprint density at radius 3 is 2.42 bits per heavy atom. The number of carbonyl (C=O) groups excluding carboxylic acids is 2. The molecule has 1 atom stereocenters. The van der Waals surface area contributed by atoms with Crippen molar-refractivity contribution in [2.24, 2.45) is 0 Å². The van der Waals surface area contributed by atoms with Crippen molar-refractivity contribution in [3.05, 3.63) is 63.1 Å². The van der Waals surface area contributed by atoms with E-state index in [2.05, 4.69) is 28.2 Å². The molecule has 2 aromatic rings. The predicted molar refractivity (Wildman–Crippen MR) is 135 cm³/mol. The van der Waals surface area contributed by atoms with Crippen molar-refractivity contribution in [1.82, 2.24) is 10.2 Å². The molecule has 1 saturated carbocycles. The average molecular weight is 536 g/mol. The van der Waals surface area contributed by atoms with Gasteiger partial charge in [0.2, 0.25) is 5.91 Å². The van der Waals surface area contributed by atoms with Crippen LogP contribution >= 0.6 is 27.5 Å². The van der Waals surface area contributed by atoms with Gasteiger partial charge in [0.05, 0.1) is 4.47 Å². The number of halogens is 2. The molecule has 5 nitrogen and oxygen atoms in total. The van der Waals surface area contributed by atoms with Gasteiger partial charge in [-0.25, -0.2) is 0 Å². The Bertz CT molecular complexity index is 945. The second kappa shape index (κ2) is 12.4. The summed E-state index contributed by atoms with van der Waals surface area (Å²) in [7, 11) is 0. The number of benzene rings is 2. The van der Waals surface area contributed by atoms with E-state index in [0.717, 1.165) is 42.1 Å². The smallest absolute Gasteiger partial charge is 0.261 e. The van der Waals surface area contributed by atoms with Crippen LogP contribution in [0.25, 0.3) is 0 Å². The lowest BCUT2D eigenvalue weighted by atomic mass is 9.95. The van der Waals surface area contributed by atoms with Gasteiger partial charge in [-0.1, -0.05) is 56.0 Å². The summed E-state index contributed by atoms with van der Waals surface area (Å²) < 4.78 is 6.63. The molecule has 2 amide bonds. The van der Waals surface area contributed by atoms with Crippen LogP contribution in [0.4, 0.5) is 0 Å². The molecule has 0 bridgehead atoms. The number of rotatable bonds is 9. The lowest BCUT2D eigenvalue weighted by Gasteiger charge is -2.31. The highest BCUT2D eigenvalue weighted by atomic mass is 79.9. The summed E-state index contributed by atoms with van der Waals surface area (Å²) >= 11 is 9.53. The SMILES string of the molecule is CCc1ccc(OCC(=O)N(Cc2ccc(Cl)cc2)C(C)C(=O)NC2CCCCC2)c(Br)c1. The Kier molecular flexibility index (Phi) is 9.63. The maximum atomic E-state index is 13.2. The van der Waals surface area contributed by atoms with Crippen molar-refractivity contribution >= 4 is 39.3 Å². The van der Waals surface area contributed by atoms with Crippen LogP contribution in [0.2, 0.25) is 5.02 Å². The third kappa shape index (κ3) is 7.47. The molecular formula is C26H32BrClN2O3. The standard InChI is InChI=1S/C26H32BrClN2O3/c1-3-19-11-14-24(23(27)15-19)33-17-25(31)30(16-20-9-12-21(28)13-10-20)18(2)26(32)29-22-7-5-4-6-8-22/h9-15,18,22H,3-8,16-17H2,1-2H3,(H,29,32). The van der Waals surface area contributed by atoms with Crippen LogP contribution in [0.3, 0.4) is 0 Å². The van der Waals surface area contributed by atoms with Crippen molar-refractivity contribution in [2.45, 2.75) is 71.0 Å². The number of aryl methyl sites for hydroxylation is 1. The minimum absolute atomic E-state index is 0.127. The third-order valence-corrected chi connectivity index (χ3v) is 7.01. The molecule has 1 unspecified atom stereocenters. The normalized spacial score (nSPS) is 15.0. The fraction of sp³-hybridized carbons (Fsp3) is 0.462.